The highest BCUT2D eigenvalue weighted by atomic mass is 35.5. The molecule has 0 unspecified atom stereocenters. The predicted octanol–water partition coefficient (Wildman–Crippen LogP) is 1.25. The Labute approximate surface area is 136 Å². The van der Waals surface area contributed by atoms with Crippen LogP contribution >= 0.6 is 12.4 Å². The first kappa shape index (κ1) is 18.4. The van der Waals surface area contributed by atoms with Crippen molar-refractivity contribution >= 4 is 29.9 Å². The van der Waals surface area contributed by atoms with Gasteiger partial charge in [0.05, 0.1) is 6.10 Å². The van der Waals surface area contributed by atoms with Gasteiger partial charge in [-0.1, -0.05) is 0 Å². The van der Waals surface area contributed by atoms with Gasteiger partial charge in [-0.3, -0.25) is 9.59 Å². The highest BCUT2D eigenvalue weighted by Gasteiger charge is 2.29. The number of hydrogen-bond acceptors (Lipinski definition) is 4. The van der Waals surface area contributed by atoms with Gasteiger partial charge < -0.3 is 20.7 Å². The zero-order valence-corrected chi connectivity index (χ0v) is 13.6. The maximum Gasteiger partial charge on any atom is 0.253 e. The van der Waals surface area contributed by atoms with Crippen LogP contribution in [0.4, 0.5) is 5.69 Å². The summed E-state index contributed by atoms with van der Waals surface area (Å²) < 4.78 is 5.54. The Hall–Kier alpha value is -1.63. The summed E-state index contributed by atoms with van der Waals surface area (Å²) in [4.78, 5) is 25.3. The number of nitrogens with two attached hydrogens (primary N) is 1. The van der Waals surface area contributed by atoms with Crippen LogP contribution in [-0.4, -0.2) is 49.6 Å². The van der Waals surface area contributed by atoms with E-state index in [4.69, 9.17) is 10.5 Å². The summed E-state index contributed by atoms with van der Waals surface area (Å²) in [6.45, 7) is 0.436. The second-order valence-electron chi connectivity index (χ2n) is 5.33. The van der Waals surface area contributed by atoms with Crippen molar-refractivity contribution in [2.24, 2.45) is 5.73 Å². The van der Waals surface area contributed by atoms with E-state index in [0.717, 1.165) is 6.42 Å². The van der Waals surface area contributed by atoms with Gasteiger partial charge in [-0.25, -0.2) is 0 Å². The zero-order valence-electron chi connectivity index (χ0n) is 12.7. The Morgan fingerprint density at radius 1 is 1.27 bits per heavy atom. The van der Waals surface area contributed by atoms with Crippen molar-refractivity contribution in [2.75, 3.05) is 26.0 Å². The second-order valence-corrected chi connectivity index (χ2v) is 5.33. The molecule has 0 bridgehead atoms. The number of hydrogen-bond donors (Lipinski definition) is 2. The quantitative estimate of drug-likeness (QED) is 0.871. The van der Waals surface area contributed by atoms with Gasteiger partial charge in [-0.2, -0.15) is 0 Å². The molecule has 1 fully saturated rings. The van der Waals surface area contributed by atoms with E-state index in [1.165, 1.54) is 4.90 Å². The summed E-state index contributed by atoms with van der Waals surface area (Å²) >= 11 is 0. The smallest absolute Gasteiger partial charge is 0.253 e. The maximum atomic E-state index is 12.1. The number of carbonyl (C=O) groups excluding carboxylic acids is 2. The van der Waals surface area contributed by atoms with E-state index in [2.05, 4.69) is 5.32 Å². The van der Waals surface area contributed by atoms with Crippen LogP contribution in [0.3, 0.4) is 0 Å². The van der Waals surface area contributed by atoms with Crippen molar-refractivity contribution < 1.29 is 14.3 Å². The molecule has 1 aliphatic rings. The first-order valence-corrected chi connectivity index (χ1v) is 6.99. The number of rotatable bonds is 4. The first-order valence-electron chi connectivity index (χ1n) is 6.99. The highest BCUT2D eigenvalue weighted by molar-refractivity contribution is 5.96. The molecule has 22 heavy (non-hydrogen) atoms. The van der Waals surface area contributed by atoms with Gasteiger partial charge in [-0.05, 0) is 37.1 Å². The number of carbonyl (C=O) groups is 2. The molecule has 2 atom stereocenters. The van der Waals surface area contributed by atoms with E-state index < -0.39 is 6.10 Å². The monoisotopic (exact) mass is 327 g/mol. The van der Waals surface area contributed by atoms with Gasteiger partial charge in [0.15, 0.2) is 0 Å². The summed E-state index contributed by atoms with van der Waals surface area (Å²) in [6.07, 6.45) is 1.03. The Bertz CT molecular complexity index is 519. The minimum absolute atomic E-state index is 0. The third-order valence-electron chi connectivity index (χ3n) is 3.47. The molecule has 0 aromatic heterocycles. The lowest BCUT2D eigenvalue weighted by Gasteiger charge is -2.13. The molecule has 2 amide bonds. The molecule has 1 aromatic rings. The van der Waals surface area contributed by atoms with Crippen molar-refractivity contribution in [3.05, 3.63) is 29.8 Å². The van der Waals surface area contributed by atoms with Crippen molar-refractivity contribution in [1.29, 1.82) is 0 Å². The molecule has 0 spiro atoms. The molecule has 0 radical (unpaired) electrons. The summed E-state index contributed by atoms with van der Waals surface area (Å²) in [7, 11) is 3.40. The van der Waals surface area contributed by atoms with Gasteiger partial charge in [-0.15, -0.1) is 12.4 Å². The number of nitrogens with zero attached hydrogens (tertiary/aromatic N) is 1. The fraction of sp³-hybridized carbons (Fsp3) is 0.467. The number of ether oxygens (including phenoxy) is 1. The molecule has 1 heterocycles. The van der Waals surface area contributed by atoms with Crippen LogP contribution < -0.4 is 11.1 Å². The van der Waals surface area contributed by atoms with Crippen LogP contribution in [0.1, 0.15) is 23.2 Å². The van der Waals surface area contributed by atoms with Gasteiger partial charge in [0.25, 0.3) is 11.8 Å². The van der Waals surface area contributed by atoms with Gasteiger partial charge in [0, 0.05) is 31.9 Å². The lowest BCUT2D eigenvalue weighted by molar-refractivity contribution is -0.126. The van der Waals surface area contributed by atoms with E-state index in [-0.39, 0.29) is 30.3 Å². The molecule has 1 aliphatic heterocycles. The number of anilines is 1. The van der Waals surface area contributed by atoms with E-state index in [9.17, 15) is 9.59 Å². The molecule has 0 saturated carbocycles. The standard InChI is InChI=1S/C15H21N3O3.ClH/c1-18(2)15(20)10-3-5-11(6-4-10)17-14(19)13-8-7-12(9-16)21-13;/h3-6,12-13H,7-9,16H2,1-2H3,(H,17,19);1H/t12-,13+;/m1./s1. The molecule has 2 rings (SSSR count). The third-order valence-corrected chi connectivity index (χ3v) is 3.47. The van der Waals surface area contributed by atoms with Crippen molar-refractivity contribution in [1.82, 2.24) is 4.90 Å². The summed E-state index contributed by atoms with van der Waals surface area (Å²) in [5.74, 6) is -0.240. The number of amides is 2. The summed E-state index contributed by atoms with van der Waals surface area (Å²) in [6, 6.07) is 6.81. The zero-order chi connectivity index (χ0) is 15.4. The fourth-order valence-electron chi connectivity index (χ4n) is 2.25. The van der Waals surface area contributed by atoms with Gasteiger partial charge >= 0.3 is 0 Å². The lowest BCUT2D eigenvalue weighted by Crippen LogP contribution is -2.29. The van der Waals surface area contributed by atoms with Crippen LogP contribution in [-0.2, 0) is 9.53 Å². The van der Waals surface area contributed by atoms with E-state index in [0.29, 0.717) is 24.2 Å². The maximum absolute atomic E-state index is 12.1. The second kappa shape index (κ2) is 8.12. The molecule has 0 aliphatic carbocycles. The van der Waals surface area contributed by atoms with E-state index >= 15 is 0 Å². The molecule has 122 valence electrons. The van der Waals surface area contributed by atoms with Crippen molar-refractivity contribution in [3.8, 4) is 0 Å². The number of nitrogens with one attached hydrogen (secondary N) is 1. The van der Waals surface area contributed by atoms with Crippen molar-refractivity contribution in [3.63, 3.8) is 0 Å². The van der Waals surface area contributed by atoms with Gasteiger partial charge in [0.2, 0.25) is 0 Å². The molecule has 1 aromatic carbocycles. The fourth-order valence-corrected chi connectivity index (χ4v) is 2.25. The van der Waals surface area contributed by atoms with Crippen LogP contribution in [0.2, 0.25) is 0 Å². The molecular formula is C15H22ClN3O3. The van der Waals surface area contributed by atoms with E-state index in [1.807, 2.05) is 0 Å². The SMILES string of the molecule is CN(C)C(=O)c1ccc(NC(=O)[C@@H]2CC[C@H](CN)O2)cc1.Cl. The average molecular weight is 328 g/mol. The summed E-state index contributed by atoms with van der Waals surface area (Å²) in [5, 5.41) is 2.79. The lowest BCUT2D eigenvalue weighted by atomic mass is 10.1. The van der Waals surface area contributed by atoms with Crippen LogP contribution in [0.15, 0.2) is 24.3 Å². The third kappa shape index (κ3) is 4.43. The Morgan fingerprint density at radius 2 is 1.91 bits per heavy atom. The highest BCUT2D eigenvalue weighted by Crippen LogP contribution is 2.20. The Kier molecular flexibility index (Phi) is 6.80. The predicted molar refractivity (Wildman–Crippen MR) is 87.3 cm³/mol. The molecule has 1 saturated heterocycles. The number of benzene rings is 1. The molecule has 6 nitrogen and oxygen atoms in total. The van der Waals surface area contributed by atoms with Crippen LogP contribution in [0, 0.1) is 0 Å². The average Bonchev–Trinajstić information content (AvgIpc) is 2.96. The normalized spacial score (nSPS) is 20.1. The summed E-state index contributed by atoms with van der Waals surface area (Å²) in [5.41, 5.74) is 6.76. The number of halogens is 1. The minimum atomic E-state index is -0.443. The van der Waals surface area contributed by atoms with Crippen LogP contribution in [0.5, 0.6) is 0 Å². The van der Waals surface area contributed by atoms with Gasteiger partial charge in [0.1, 0.15) is 6.10 Å². The molecular weight excluding hydrogens is 306 g/mol. The topological polar surface area (TPSA) is 84.7 Å². The molecule has 3 N–H and O–H groups in total. The van der Waals surface area contributed by atoms with E-state index in [1.54, 1.807) is 38.4 Å². The minimum Gasteiger partial charge on any atom is -0.364 e. The van der Waals surface area contributed by atoms with Crippen LogP contribution in [0.25, 0.3) is 0 Å². The molecule has 7 heteroatoms. The Balaban J connectivity index is 0.00000242. The largest absolute Gasteiger partial charge is 0.364 e. The van der Waals surface area contributed by atoms with Crippen molar-refractivity contribution in [2.45, 2.75) is 25.0 Å². The first-order chi connectivity index (χ1) is 10.0. The Morgan fingerprint density at radius 3 is 2.41 bits per heavy atom.